The molecular formula is C14H20N4O2. The molecular weight excluding hydrogens is 256 g/mol. The molecule has 6 heteroatoms. The first-order valence-electron chi connectivity index (χ1n) is 7.11. The van der Waals surface area contributed by atoms with Gasteiger partial charge in [0.05, 0.1) is 25.5 Å². The zero-order valence-electron chi connectivity index (χ0n) is 11.9. The lowest BCUT2D eigenvalue weighted by molar-refractivity contribution is 0.0477. The van der Waals surface area contributed by atoms with Crippen molar-refractivity contribution in [3.05, 3.63) is 24.0 Å². The zero-order valence-corrected chi connectivity index (χ0v) is 11.9. The molecule has 0 aromatic carbocycles. The van der Waals surface area contributed by atoms with Gasteiger partial charge in [-0.2, -0.15) is 9.61 Å². The van der Waals surface area contributed by atoms with Gasteiger partial charge in [-0.3, -0.25) is 0 Å². The first-order chi connectivity index (χ1) is 9.81. The molecule has 20 heavy (non-hydrogen) atoms. The number of aryl methyl sites for hydroxylation is 1. The topological polar surface area (TPSA) is 60.7 Å². The van der Waals surface area contributed by atoms with Gasteiger partial charge in [0.25, 0.3) is 0 Å². The Kier molecular flexibility index (Phi) is 3.84. The van der Waals surface area contributed by atoms with Crippen LogP contribution in [0, 0.1) is 0 Å². The number of fused-ring (bicyclic) bond motifs is 1. The highest BCUT2D eigenvalue weighted by Gasteiger charge is 2.29. The van der Waals surface area contributed by atoms with Gasteiger partial charge in [0.15, 0.2) is 5.65 Å². The minimum Gasteiger partial charge on any atom is -0.376 e. The Morgan fingerprint density at radius 3 is 3.15 bits per heavy atom. The summed E-state index contributed by atoms with van der Waals surface area (Å²) in [4.78, 5) is 4.54. The summed E-state index contributed by atoms with van der Waals surface area (Å²) in [5.74, 6) is 0.942. The van der Waals surface area contributed by atoms with Crippen LogP contribution in [0.1, 0.15) is 19.5 Å². The SMILES string of the molecule is CCO[C@H]1COC[C@@H]1Nc1cc(CC)nc2ccnn12. The summed E-state index contributed by atoms with van der Waals surface area (Å²) in [6, 6.07) is 4.10. The molecule has 0 bridgehead atoms. The Morgan fingerprint density at radius 2 is 2.35 bits per heavy atom. The first-order valence-corrected chi connectivity index (χ1v) is 7.11. The van der Waals surface area contributed by atoms with E-state index in [4.69, 9.17) is 9.47 Å². The van der Waals surface area contributed by atoms with Gasteiger partial charge in [-0.1, -0.05) is 6.92 Å². The number of hydrogen-bond acceptors (Lipinski definition) is 5. The van der Waals surface area contributed by atoms with E-state index in [0.717, 1.165) is 23.6 Å². The summed E-state index contributed by atoms with van der Waals surface area (Å²) in [6.07, 6.45) is 2.74. The second kappa shape index (κ2) is 5.76. The van der Waals surface area contributed by atoms with Crippen LogP contribution in [-0.2, 0) is 15.9 Å². The number of nitrogens with zero attached hydrogens (tertiary/aromatic N) is 3. The van der Waals surface area contributed by atoms with E-state index in [1.54, 1.807) is 6.20 Å². The van der Waals surface area contributed by atoms with Crippen molar-refractivity contribution < 1.29 is 9.47 Å². The van der Waals surface area contributed by atoms with Gasteiger partial charge >= 0.3 is 0 Å². The lowest BCUT2D eigenvalue weighted by Crippen LogP contribution is -2.35. The van der Waals surface area contributed by atoms with E-state index in [-0.39, 0.29) is 12.1 Å². The molecule has 1 fully saturated rings. The van der Waals surface area contributed by atoms with Crippen LogP contribution < -0.4 is 5.32 Å². The minimum absolute atomic E-state index is 0.0869. The monoisotopic (exact) mass is 276 g/mol. The second-order valence-corrected chi connectivity index (χ2v) is 4.87. The molecule has 6 nitrogen and oxygen atoms in total. The van der Waals surface area contributed by atoms with Crippen LogP contribution in [0.2, 0.25) is 0 Å². The normalized spacial score (nSPS) is 22.5. The van der Waals surface area contributed by atoms with Crippen LogP contribution in [-0.4, -0.2) is 46.6 Å². The van der Waals surface area contributed by atoms with Crippen molar-refractivity contribution in [3.8, 4) is 0 Å². The summed E-state index contributed by atoms with van der Waals surface area (Å²) in [6.45, 7) is 6.08. The molecule has 1 aliphatic rings. The predicted molar refractivity (Wildman–Crippen MR) is 76.0 cm³/mol. The Hall–Kier alpha value is -1.66. The third kappa shape index (κ3) is 2.48. The van der Waals surface area contributed by atoms with E-state index >= 15 is 0 Å². The Morgan fingerprint density at radius 1 is 1.45 bits per heavy atom. The average Bonchev–Trinajstić information content (AvgIpc) is 3.08. The predicted octanol–water partition coefficient (Wildman–Crippen LogP) is 1.51. The molecule has 0 spiro atoms. The molecule has 0 amide bonds. The number of aromatic nitrogens is 3. The van der Waals surface area contributed by atoms with Gasteiger partial charge in [0.1, 0.15) is 11.9 Å². The van der Waals surface area contributed by atoms with Crippen LogP contribution in [0.3, 0.4) is 0 Å². The number of anilines is 1. The Labute approximate surface area is 118 Å². The maximum atomic E-state index is 5.70. The largest absolute Gasteiger partial charge is 0.376 e. The van der Waals surface area contributed by atoms with Gasteiger partial charge < -0.3 is 14.8 Å². The van der Waals surface area contributed by atoms with Crippen molar-refractivity contribution in [1.82, 2.24) is 14.6 Å². The smallest absolute Gasteiger partial charge is 0.157 e. The van der Waals surface area contributed by atoms with Crippen molar-refractivity contribution in [2.75, 3.05) is 25.1 Å². The molecule has 1 N–H and O–H groups in total. The van der Waals surface area contributed by atoms with Gasteiger partial charge in [-0.05, 0) is 13.3 Å². The van der Waals surface area contributed by atoms with Crippen molar-refractivity contribution >= 4 is 11.5 Å². The molecule has 0 unspecified atom stereocenters. The van der Waals surface area contributed by atoms with Crippen LogP contribution >= 0.6 is 0 Å². The van der Waals surface area contributed by atoms with E-state index in [1.807, 2.05) is 23.6 Å². The summed E-state index contributed by atoms with van der Waals surface area (Å²) < 4.78 is 13.0. The Balaban J connectivity index is 1.87. The lowest BCUT2D eigenvalue weighted by atomic mass is 10.2. The van der Waals surface area contributed by atoms with Crippen LogP contribution in [0.5, 0.6) is 0 Å². The molecule has 2 aromatic heterocycles. The second-order valence-electron chi connectivity index (χ2n) is 4.87. The maximum Gasteiger partial charge on any atom is 0.157 e. The quantitative estimate of drug-likeness (QED) is 0.897. The summed E-state index contributed by atoms with van der Waals surface area (Å²) in [5.41, 5.74) is 1.91. The van der Waals surface area contributed by atoms with E-state index in [9.17, 15) is 0 Å². The maximum absolute atomic E-state index is 5.70. The summed E-state index contributed by atoms with van der Waals surface area (Å²) in [5, 5.41) is 7.81. The van der Waals surface area contributed by atoms with E-state index in [1.165, 1.54) is 0 Å². The number of nitrogens with one attached hydrogen (secondary N) is 1. The van der Waals surface area contributed by atoms with Crippen molar-refractivity contribution in [1.29, 1.82) is 0 Å². The standard InChI is InChI=1S/C14H20N4O2/c1-3-10-7-14(18-13(16-10)5-6-15-18)17-11-8-19-9-12(11)20-4-2/h5-7,11-12,17H,3-4,8-9H2,1-2H3/t11-,12-/m0/s1. The highest BCUT2D eigenvalue weighted by atomic mass is 16.5. The molecule has 2 atom stereocenters. The van der Waals surface area contributed by atoms with E-state index in [0.29, 0.717) is 19.8 Å². The molecule has 108 valence electrons. The van der Waals surface area contributed by atoms with Crippen LogP contribution in [0.15, 0.2) is 18.3 Å². The first kappa shape index (κ1) is 13.3. The fraction of sp³-hybridized carbons (Fsp3) is 0.571. The minimum atomic E-state index is 0.0869. The van der Waals surface area contributed by atoms with Crippen LogP contribution in [0.4, 0.5) is 5.82 Å². The molecule has 0 radical (unpaired) electrons. The number of rotatable bonds is 5. The summed E-state index contributed by atoms with van der Waals surface area (Å²) >= 11 is 0. The lowest BCUT2D eigenvalue weighted by Gasteiger charge is -2.20. The van der Waals surface area contributed by atoms with Crippen molar-refractivity contribution in [2.24, 2.45) is 0 Å². The van der Waals surface area contributed by atoms with Gasteiger partial charge in [-0.15, -0.1) is 0 Å². The van der Waals surface area contributed by atoms with E-state index in [2.05, 4.69) is 22.3 Å². The fourth-order valence-electron chi connectivity index (χ4n) is 2.49. The van der Waals surface area contributed by atoms with E-state index < -0.39 is 0 Å². The third-order valence-corrected chi connectivity index (χ3v) is 3.52. The number of ether oxygens (including phenoxy) is 2. The zero-order chi connectivity index (χ0) is 13.9. The molecule has 0 aliphatic carbocycles. The molecule has 1 aliphatic heterocycles. The van der Waals surface area contributed by atoms with Crippen molar-refractivity contribution in [3.63, 3.8) is 0 Å². The highest BCUT2D eigenvalue weighted by Crippen LogP contribution is 2.18. The third-order valence-electron chi connectivity index (χ3n) is 3.52. The van der Waals surface area contributed by atoms with Gasteiger partial charge in [0, 0.05) is 24.4 Å². The molecule has 2 aromatic rings. The van der Waals surface area contributed by atoms with Crippen molar-refractivity contribution in [2.45, 2.75) is 32.4 Å². The Bertz CT molecular complexity index is 584. The average molecular weight is 276 g/mol. The van der Waals surface area contributed by atoms with Gasteiger partial charge in [-0.25, -0.2) is 4.98 Å². The van der Waals surface area contributed by atoms with Gasteiger partial charge in [0.2, 0.25) is 0 Å². The molecule has 0 saturated carbocycles. The fourth-order valence-corrected chi connectivity index (χ4v) is 2.49. The highest BCUT2D eigenvalue weighted by molar-refractivity contribution is 5.49. The molecule has 1 saturated heterocycles. The molecule has 3 rings (SSSR count). The van der Waals surface area contributed by atoms with Crippen LogP contribution in [0.25, 0.3) is 5.65 Å². The number of hydrogen-bond donors (Lipinski definition) is 1. The molecule has 3 heterocycles. The summed E-state index contributed by atoms with van der Waals surface area (Å²) in [7, 11) is 0.